The summed E-state index contributed by atoms with van der Waals surface area (Å²) in [5.74, 6) is 1.82. The zero-order valence-corrected chi connectivity index (χ0v) is 18.2. The Morgan fingerprint density at radius 3 is 2.77 bits per heavy atom. The molecule has 0 unspecified atom stereocenters. The molecular weight excluding hydrogens is 404 g/mol. The number of ether oxygens (including phenoxy) is 1. The third-order valence-electron chi connectivity index (χ3n) is 6.15. The second-order valence-electron chi connectivity index (χ2n) is 8.03. The molecule has 0 aromatic heterocycles. The van der Waals surface area contributed by atoms with Crippen molar-refractivity contribution < 1.29 is 4.74 Å². The molecule has 0 bridgehead atoms. The summed E-state index contributed by atoms with van der Waals surface area (Å²) in [6.07, 6.45) is 7.62. The Balaban J connectivity index is 1.38. The van der Waals surface area contributed by atoms with Gasteiger partial charge < -0.3 is 10.1 Å². The number of halogens is 1. The second-order valence-corrected chi connectivity index (χ2v) is 8.46. The summed E-state index contributed by atoms with van der Waals surface area (Å²) in [6, 6.07) is 23.1. The fraction of sp³-hybridized carbons (Fsp3) is 0.222. The van der Waals surface area contributed by atoms with Gasteiger partial charge in [-0.3, -0.25) is 4.99 Å². The number of allylic oxidation sites excluding steroid dienone is 2. The summed E-state index contributed by atoms with van der Waals surface area (Å²) in [7, 11) is 0. The first-order chi connectivity index (χ1) is 15.2. The third-order valence-corrected chi connectivity index (χ3v) is 6.38. The van der Waals surface area contributed by atoms with Gasteiger partial charge in [-0.2, -0.15) is 0 Å². The van der Waals surface area contributed by atoms with Gasteiger partial charge in [-0.1, -0.05) is 54.1 Å². The Morgan fingerprint density at radius 1 is 1.10 bits per heavy atom. The van der Waals surface area contributed by atoms with Crippen molar-refractivity contribution >= 4 is 29.2 Å². The highest BCUT2D eigenvalue weighted by molar-refractivity contribution is 6.30. The van der Waals surface area contributed by atoms with E-state index in [4.69, 9.17) is 16.3 Å². The van der Waals surface area contributed by atoms with Crippen LogP contribution in [0.4, 0.5) is 11.4 Å². The number of hydrogen-bond donors (Lipinski definition) is 1. The zero-order valence-electron chi connectivity index (χ0n) is 17.5. The summed E-state index contributed by atoms with van der Waals surface area (Å²) in [4.78, 5) is 4.65. The highest BCUT2D eigenvalue weighted by Gasteiger charge is 2.37. The Labute approximate surface area is 188 Å². The minimum atomic E-state index is 0.297. The summed E-state index contributed by atoms with van der Waals surface area (Å²) in [5, 5.41) is 4.45. The van der Waals surface area contributed by atoms with E-state index >= 15 is 0 Å². The van der Waals surface area contributed by atoms with Crippen molar-refractivity contribution in [3.05, 3.63) is 101 Å². The highest BCUT2D eigenvalue weighted by atomic mass is 35.5. The molecule has 1 aliphatic carbocycles. The summed E-state index contributed by atoms with van der Waals surface area (Å²) < 4.78 is 5.68. The van der Waals surface area contributed by atoms with Crippen LogP contribution in [-0.4, -0.2) is 12.8 Å². The number of rotatable bonds is 5. The maximum Gasteiger partial charge on any atom is 0.128 e. The van der Waals surface area contributed by atoms with E-state index in [1.165, 1.54) is 16.8 Å². The molecule has 1 aliphatic heterocycles. The zero-order chi connectivity index (χ0) is 21.2. The fourth-order valence-corrected chi connectivity index (χ4v) is 4.87. The molecule has 2 aliphatic rings. The lowest BCUT2D eigenvalue weighted by atomic mass is 9.77. The Hall–Kier alpha value is -3.04. The molecule has 0 saturated carbocycles. The molecule has 3 aromatic rings. The average Bonchev–Trinajstić information content (AvgIpc) is 3.29. The molecule has 0 fully saturated rings. The third kappa shape index (κ3) is 3.98. The van der Waals surface area contributed by atoms with Gasteiger partial charge >= 0.3 is 0 Å². The number of nitrogens with one attached hydrogen (secondary N) is 1. The smallest absolute Gasteiger partial charge is 0.128 e. The van der Waals surface area contributed by atoms with E-state index in [0.717, 1.165) is 23.4 Å². The number of benzene rings is 3. The van der Waals surface area contributed by atoms with Crippen molar-refractivity contribution in [3.63, 3.8) is 0 Å². The van der Waals surface area contributed by atoms with Crippen LogP contribution in [0.3, 0.4) is 0 Å². The van der Waals surface area contributed by atoms with E-state index in [0.29, 0.717) is 29.5 Å². The van der Waals surface area contributed by atoms with Crippen molar-refractivity contribution in [2.75, 3.05) is 11.9 Å². The number of fused-ring (bicyclic) bond motifs is 3. The maximum absolute atomic E-state index is 6.16. The van der Waals surface area contributed by atoms with Crippen LogP contribution >= 0.6 is 11.6 Å². The Kier molecular flexibility index (Phi) is 5.52. The van der Waals surface area contributed by atoms with Gasteiger partial charge in [-0.05, 0) is 66.8 Å². The Bertz CT molecular complexity index is 1140. The molecule has 4 heteroatoms. The number of hydrogen-bond acceptors (Lipinski definition) is 3. The maximum atomic E-state index is 6.16. The van der Waals surface area contributed by atoms with Gasteiger partial charge in [0, 0.05) is 28.4 Å². The van der Waals surface area contributed by atoms with Crippen LogP contribution in [0.1, 0.15) is 42.0 Å². The van der Waals surface area contributed by atoms with Crippen LogP contribution in [0, 0.1) is 5.92 Å². The van der Waals surface area contributed by atoms with Gasteiger partial charge in [0.25, 0.3) is 0 Å². The van der Waals surface area contributed by atoms with E-state index in [1.807, 2.05) is 31.3 Å². The lowest BCUT2D eigenvalue weighted by Gasteiger charge is -2.37. The monoisotopic (exact) mass is 428 g/mol. The Morgan fingerprint density at radius 2 is 1.94 bits per heavy atom. The molecule has 3 atom stereocenters. The second kappa shape index (κ2) is 8.60. The van der Waals surface area contributed by atoms with E-state index < -0.39 is 0 Å². The van der Waals surface area contributed by atoms with Crippen molar-refractivity contribution in [3.8, 4) is 5.75 Å². The minimum absolute atomic E-state index is 0.297. The average molecular weight is 429 g/mol. The molecule has 0 amide bonds. The lowest BCUT2D eigenvalue weighted by molar-refractivity contribution is 0.340. The molecule has 3 nitrogen and oxygen atoms in total. The molecule has 0 saturated heterocycles. The highest BCUT2D eigenvalue weighted by Crippen LogP contribution is 2.49. The quantitative estimate of drug-likeness (QED) is 0.341. The molecule has 0 radical (unpaired) electrons. The number of nitrogens with zero attached hydrogens (tertiary/aromatic N) is 1. The summed E-state index contributed by atoms with van der Waals surface area (Å²) in [5.41, 5.74) is 5.73. The first kappa shape index (κ1) is 19.9. The van der Waals surface area contributed by atoms with Crippen LogP contribution in [0.15, 0.2) is 83.9 Å². The summed E-state index contributed by atoms with van der Waals surface area (Å²) in [6.45, 7) is 2.57. The number of para-hydroxylation sites is 1. The van der Waals surface area contributed by atoms with Crippen LogP contribution in [0.5, 0.6) is 5.75 Å². The molecule has 0 spiro atoms. The first-order valence-corrected chi connectivity index (χ1v) is 11.2. The van der Waals surface area contributed by atoms with E-state index in [-0.39, 0.29) is 0 Å². The van der Waals surface area contributed by atoms with Gasteiger partial charge in [0.1, 0.15) is 5.75 Å². The largest absolute Gasteiger partial charge is 0.493 e. The fourth-order valence-electron chi connectivity index (χ4n) is 4.69. The van der Waals surface area contributed by atoms with Gasteiger partial charge in [-0.15, -0.1) is 0 Å². The number of aliphatic imine (C=N–C) groups is 1. The van der Waals surface area contributed by atoms with Crippen LogP contribution in [0.25, 0.3) is 0 Å². The lowest BCUT2D eigenvalue weighted by Crippen LogP contribution is -2.28. The standard InChI is InChI=1S/C27H25ClN2O/c1-2-31-26-15-12-20(28)16-19(26)17-29-21-13-10-18(11-14-21)27-24-8-5-7-22(24)23-6-3-4-9-25(23)30-27/h3-7,9-17,22,24,27,30H,2,8H2,1H3/t22-,24-,27+/m1/s1. The van der Waals surface area contributed by atoms with Gasteiger partial charge in [-0.25, -0.2) is 0 Å². The molecule has 3 aromatic carbocycles. The normalized spacial score (nSPS) is 21.5. The van der Waals surface area contributed by atoms with Gasteiger partial charge in [0.15, 0.2) is 0 Å². The SMILES string of the molecule is CCOc1ccc(Cl)cc1C=Nc1ccc([C@@H]2Nc3ccccc3[C@H]3C=CC[C@H]32)cc1. The minimum Gasteiger partial charge on any atom is -0.493 e. The molecule has 156 valence electrons. The van der Waals surface area contributed by atoms with Gasteiger partial charge in [0.2, 0.25) is 0 Å². The molecular formula is C27H25ClN2O. The summed E-state index contributed by atoms with van der Waals surface area (Å²) >= 11 is 6.16. The van der Waals surface area contributed by atoms with Crippen molar-refractivity contribution in [2.45, 2.75) is 25.3 Å². The predicted octanol–water partition coefficient (Wildman–Crippen LogP) is 7.32. The van der Waals surface area contributed by atoms with Crippen molar-refractivity contribution in [1.82, 2.24) is 0 Å². The topological polar surface area (TPSA) is 33.6 Å². The van der Waals surface area contributed by atoms with E-state index in [9.17, 15) is 0 Å². The van der Waals surface area contributed by atoms with Crippen LogP contribution < -0.4 is 10.1 Å². The molecule has 31 heavy (non-hydrogen) atoms. The molecule has 1 heterocycles. The molecule has 1 N–H and O–H groups in total. The molecule has 5 rings (SSSR count). The van der Waals surface area contributed by atoms with E-state index in [2.05, 4.69) is 71.0 Å². The van der Waals surface area contributed by atoms with Crippen molar-refractivity contribution in [1.29, 1.82) is 0 Å². The first-order valence-electron chi connectivity index (χ1n) is 10.8. The van der Waals surface area contributed by atoms with Gasteiger partial charge in [0.05, 0.1) is 18.3 Å². The van der Waals surface area contributed by atoms with Crippen LogP contribution in [0.2, 0.25) is 5.02 Å². The van der Waals surface area contributed by atoms with Crippen LogP contribution in [-0.2, 0) is 0 Å². The van der Waals surface area contributed by atoms with Crippen molar-refractivity contribution in [2.24, 2.45) is 10.9 Å². The predicted molar refractivity (Wildman–Crippen MR) is 129 cm³/mol. The van der Waals surface area contributed by atoms with E-state index in [1.54, 1.807) is 0 Å². The number of anilines is 1.